The number of hydrogen-bond donors (Lipinski definition) is 1. The number of rotatable bonds is 3. The molecule has 0 unspecified atom stereocenters. The lowest BCUT2D eigenvalue weighted by Gasteiger charge is -2.13. The maximum atomic E-state index is 9.92. The molecule has 1 aliphatic heterocycles. The topological polar surface area (TPSA) is 26.5 Å². The van der Waals surface area contributed by atoms with Crippen LogP contribution in [-0.4, -0.2) is 29.1 Å². The summed E-state index contributed by atoms with van der Waals surface area (Å²) in [7, 11) is 0. The Balaban J connectivity index is 1.85. The Morgan fingerprint density at radius 2 is 1.77 bits per heavy atom. The molecular weight excluding hydrogens is 272 g/mol. The van der Waals surface area contributed by atoms with E-state index in [1.54, 1.807) is 6.07 Å². The molecule has 0 fully saturated rings. The van der Waals surface area contributed by atoms with Crippen LogP contribution in [0.1, 0.15) is 22.3 Å². The van der Waals surface area contributed by atoms with Crippen molar-refractivity contribution in [2.75, 3.05) is 18.0 Å². The SMILES string of the molecule is Cc1cc(C)c(N2C=[N+](Cc3ccccc3O)CC2)c(C)c1. The fraction of sp³-hybridized carbons (Fsp3) is 0.316. The molecule has 0 saturated heterocycles. The monoisotopic (exact) mass is 295 g/mol. The van der Waals surface area contributed by atoms with Crippen LogP contribution in [0.2, 0.25) is 0 Å². The number of benzene rings is 2. The Hall–Kier alpha value is -2.29. The summed E-state index contributed by atoms with van der Waals surface area (Å²) in [6.07, 6.45) is 2.18. The van der Waals surface area contributed by atoms with Gasteiger partial charge in [0.25, 0.3) is 0 Å². The van der Waals surface area contributed by atoms with Crippen LogP contribution >= 0.6 is 0 Å². The van der Waals surface area contributed by atoms with Crippen molar-refractivity contribution in [3.05, 3.63) is 58.7 Å². The average Bonchev–Trinajstić information content (AvgIpc) is 2.88. The zero-order valence-corrected chi connectivity index (χ0v) is 13.5. The molecule has 3 nitrogen and oxygen atoms in total. The predicted molar refractivity (Wildman–Crippen MR) is 91.0 cm³/mol. The van der Waals surface area contributed by atoms with E-state index in [0.717, 1.165) is 25.2 Å². The third-order valence-corrected chi connectivity index (χ3v) is 4.22. The molecule has 1 heterocycles. The molecule has 0 bridgehead atoms. The highest BCUT2D eigenvalue weighted by Crippen LogP contribution is 2.27. The normalized spacial score (nSPS) is 14.3. The van der Waals surface area contributed by atoms with Gasteiger partial charge in [0, 0.05) is 5.56 Å². The third-order valence-electron chi connectivity index (χ3n) is 4.22. The van der Waals surface area contributed by atoms with Gasteiger partial charge in [-0.2, -0.15) is 0 Å². The fourth-order valence-electron chi connectivity index (χ4n) is 3.33. The molecule has 114 valence electrons. The van der Waals surface area contributed by atoms with Crippen LogP contribution in [0.15, 0.2) is 36.4 Å². The molecule has 0 aromatic heterocycles. The van der Waals surface area contributed by atoms with E-state index in [0.29, 0.717) is 5.75 Å². The minimum Gasteiger partial charge on any atom is -0.508 e. The molecule has 0 spiro atoms. The van der Waals surface area contributed by atoms with Gasteiger partial charge in [0.2, 0.25) is 6.34 Å². The minimum absolute atomic E-state index is 0.372. The number of hydrogen-bond acceptors (Lipinski definition) is 2. The lowest BCUT2D eigenvalue weighted by Crippen LogP contribution is -2.20. The highest BCUT2D eigenvalue weighted by Gasteiger charge is 2.24. The molecule has 3 rings (SSSR count). The summed E-state index contributed by atoms with van der Waals surface area (Å²) in [6, 6.07) is 12.0. The van der Waals surface area contributed by atoms with E-state index >= 15 is 0 Å². The zero-order valence-electron chi connectivity index (χ0n) is 13.5. The maximum Gasteiger partial charge on any atom is 0.239 e. The lowest BCUT2D eigenvalue weighted by molar-refractivity contribution is -0.530. The number of nitrogens with zero attached hydrogens (tertiary/aromatic N) is 2. The Bertz CT molecular complexity index is 711. The fourth-order valence-corrected chi connectivity index (χ4v) is 3.33. The van der Waals surface area contributed by atoms with Gasteiger partial charge < -0.3 is 5.11 Å². The van der Waals surface area contributed by atoms with Gasteiger partial charge in [-0.25, -0.2) is 4.90 Å². The summed E-state index contributed by atoms with van der Waals surface area (Å²) in [6.45, 7) is 9.19. The number of phenolic OH excluding ortho intramolecular Hbond substituents is 1. The van der Waals surface area contributed by atoms with Crippen LogP contribution in [0.4, 0.5) is 5.69 Å². The molecule has 0 radical (unpaired) electrons. The van der Waals surface area contributed by atoms with Crippen molar-refractivity contribution in [3.8, 4) is 5.75 Å². The minimum atomic E-state index is 0.372. The molecule has 2 aromatic rings. The van der Waals surface area contributed by atoms with E-state index in [9.17, 15) is 5.11 Å². The number of phenols is 1. The van der Waals surface area contributed by atoms with Gasteiger partial charge in [0.05, 0.1) is 0 Å². The Kier molecular flexibility index (Phi) is 3.88. The van der Waals surface area contributed by atoms with Crippen molar-refractivity contribution < 1.29 is 9.68 Å². The van der Waals surface area contributed by atoms with Crippen LogP contribution in [0.5, 0.6) is 5.75 Å². The Morgan fingerprint density at radius 3 is 2.45 bits per heavy atom. The smallest absolute Gasteiger partial charge is 0.239 e. The van der Waals surface area contributed by atoms with Crippen LogP contribution in [0, 0.1) is 20.8 Å². The summed E-state index contributed by atoms with van der Waals surface area (Å²) in [5.74, 6) is 0.372. The summed E-state index contributed by atoms with van der Waals surface area (Å²) in [5.41, 5.74) is 6.23. The van der Waals surface area contributed by atoms with Gasteiger partial charge in [0.15, 0.2) is 0 Å². The molecule has 0 amide bonds. The average molecular weight is 295 g/mol. The molecule has 0 atom stereocenters. The molecule has 1 N–H and O–H groups in total. The van der Waals surface area contributed by atoms with Gasteiger partial charge >= 0.3 is 0 Å². The van der Waals surface area contributed by atoms with Gasteiger partial charge in [-0.15, -0.1) is 0 Å². The second-order valence-electron chi connectivity index (χ2n) is 6.16. The van der Waals surface area contributed by atoms with Crippen LogP contribution in [-0.2, 0) is 6.54 Å². The number of aromatic hydroxyl groups is 1. The quantitative estimate of drug-likeness (QED) is 0.879. The van der Waals surface area contributed by atoms with Crippen LogP contribution in [0.25, 0.3) is 0 Å². The van der Waals surface area contributed by atoms with Gasteiger partial charge in [-0.3, -0.25) is 4.58 Å². The summed E-state index contributed by atoms with van der Waals surface area (Å²) < 4.78 is 2.26. The Labute approximate surface area is 132 Å². The molecule has 22 heavy (non-hydrogen) atoms. The van der Waals surface area contributed by atoms with Crippen molar-refractivity contribution in [2.24, 2.45) is 0 Å². The zero-order chi connectivity index (χ0) is 15.7. The van der Waals surface area contributed by atoms with E-state index in [-0.39, 0.29) is 0 Å². The Morgan fingerprint density at radius 1 is 1.09 bits per heavy atom. The molecule has 3 heteroatoms. The van der Waals surface area contributed by atoms with Crippen LogP contribution < -0.4 is 4.90 Å². The second-order valence-corrected chi connectivity index (χ2v) is 6.16. The van der Waals surface area contributed by atoms with Crippen molar-refractivity contribution in [3.63, 3.8) is 0 Å². The van der Waals surface area contributed by atoms with E-state index in [2.05, 4.69) is 48.7 Å². The standard InChI is InChI=1S/C19H22N2O/c1-14-10-15(2)19(16(3)11-14)21-9-8-20(13-21)12-17-6-4-5-7-18(17)22/h4-7,10-11,13H,8-9,12H2,1-3H3/p+1. The van der Waals surface area contributed by atoms with Crippen molar-refractivity contribution in [1.29, 1.82) is 0 Å². The molecule has 0 saturated carbocycles. The van der Waals surface area contributed by atoms with E-state index in [1.807, 2.05) is 18.2 Å². The summed E-state index contributed by atoms with van der Waals surface area (Å²) in [4.78, 5) is 2.32. The van der Waals surface area contributed by atoms with Crippen molar-refractivity contribution in [2.45, 2.75) is 27.3 Å². The first kappa shape index (κ1) is 14.6. The van der Waals surface area contributed by atoms with Crippen molar-refractivity contribution >= 4 is 12.0 Å². The maximum absolute atomic E-state index is 9.92. The van der Waals surface area contributed by atoms with E-state index in [4.69, 9.17) is 0 Å². The van der Waals surface area contributed by atoms with Gasteiger partial charge in [0.1, 0.15) is 31.1 Å². The highest BCUT2D eigenvalue weighted by atomic mass is 16.3. The first-order chi connectivity index (χ1) is 10.5. The number of aryl methyl sites for hydroxylation is 3. The lowest BCUT2D eigenvalue weighted by atomic mass is 10.0. The van der Waals surface area contributed by atoms with Crippen molar-refractivity contribution in [1.82, 2.24) is 0 Å². The first-order valence-electron chi connectivity index (χ1n) is 7.75. The molecule has 2 aromatic carbocycles. The number of para-hydroxylation sites is 1. The molecular formula is C19H23N2O+. The summed E-state index contributed by atoms with van der Waals surface area (Å²) >= 11 is 0. The predicted octanol–water partition coefficient (Wildman–Crippen LogP) is 3.38. The third kappa shape index (κ3) is 2.84. The van der Waals surface area contributed by atoms with Crippen LogP contribution in [0.3, 0.4) is 0 Å². The van der Waals surface area contributed by atoms with Gasteiger partial charge in [-0.05, 0) is 38.0 Å². The largest absolute Gasteiger partial charge is 0.508 e. The van der Waals surface area contributed by atoms with E-state index in [1.165, 1.54) is 22.4 Å². The number of anilines is 1. The first-order valence-corrected chi connectivity index (χ1v) is 7.75. The highest BCUT2D eigenvalue weighted by molar-refractivity contribution is 5.80. The summed E-state index contributed by atoms with van der Waals surface area (Å²) in [5, 5.41) is 9.92. The molecule has 0 aliphatic carbocycles. The second kappa shape index (κ2) is 5.84. The van der Waals surface area contributed by atoms with Gasteiger partial charge in [-0.1, -0.05) is 35.9 Å². The van der Waals surface area contributed by atoms with E-state index < -0.39 is 0 Å². The molecule has 1 aliphatic rings.